The highest BCUT2D eigenvalue weighted by Crippen LogP contribution is 2.06. The molecule has 0 atom stereocenters. The Morgan fingerprint density at radius 2 is 2.31 bits per heavy atom. The maximum absolute atomic E-state index is 10.7. The van der Waals surface area contributed by atoms with Gasteiger partial charge in [0.15, 0.2) is 0 Å². The van der Waals surface area contributed by atoms with Gasteiger partial charge in [-0.05, 0) is 10.7 Å². The molecule has 0 aliphatic heterocycles. The molecule has 1 aromatic heterocycles. The van der Waals surface area contributed by atoms with Crippen LogP contribution >= 0.6 is 0 Å². The zero-order valence-corrected chi connectivity index (χ0v) is 6.68. The molecule has 0 aliphatic carbocycles. The minimum Gasteiger partial charge on any atom is -0.539 e. The fraction of sp³-hybridized carbons (Fsp3) is 0. The normalized spacial score (nSPS) is 10.2. The molecule has 0 saturated carbocycles. The summed E-state index contributed by atoms with van der Waals surface area (Å²) < 4.78 is 5.71. The minimum atomic E-state index is -0.484. The molecular formula is C8H7N3O2. The quantitative estimate of drug-likeness (QED) is 0.475. The molecule has 2 rings (SSSR count). The van der Waals surface area contributed by atoms with Gasteiger partial charge in [0.1, 0.15) is 5.95 Å². The Morgan fingerprint density at radius 1 is 1.46 bits per heavy atom. The van der Waals surface area contributed by atoms with Crippen LogP contribution in [0.5, 0.6) is 5.95 Å². The van der Waals surface area contributed by atoms with Gasteiger partial charge in [0, 0.05) is 17.8 Å². The highest BCUT2D eigenvalue weighted by Gasteiger charge is 2.07. The van der Waals surface area contributed by atoms with Crippen LogP contribution in [-0.2, 0) is 0 Å². The Bertz CT molecular complexity index is 425. The second-order valence-corrected chi connectivity index (χ2v) is 2.56. The third-order valence-electron chi connectivity index (χ3n) is 1.58. The first-order chi connectivity index (χ1) is 6.25. The fourth-order valence-electron chi connectivity index (χ4n) is 1.02. The Labute approximate surface area is 74.0 Å². The number of nitrogen functional groups attached to an aromatic ring is 1. The molecule has 0 unspecified atom stereocenters. The van der Waals surface area contributed by atoms with Crippen LogP contribution < -0.4 is 15.5 Å². The Kier molecular flexibility index (Phi) is 1.63. The number of hydrogen-bond acceptors (Lipinski definition) is 4. The monoisotopic (exact) mass is 177 g/mol. The molecular weight excluding hydrogens is 170 g/mol. The molecule has 13 heavy (non-hydrogen) atoms. The lowest BCUT2D eigenvalue weighted by molar-refractivity contribution is -0.670. The summed E-state index contributed by atoms with van der Waals surface area (Å²) in [5, 5.41) is 14.2. The van der Waals surface area contributed by atoms with E-state index in [1.807, 2.05) is 0 Å². The van der Waals surface area contributed by atoms with E-state index in [2.05, 4.69) is 9.79 Å². The van der Waals surface area contributed by atoms with Gasteiger partial charge in [0.05, 0.1) is 5.27 Å². The summed E-state index contributed by atoms with van der Waals surface area (Å²) in [6.07, 6.45) is 1.24. The van der Waals surface area contributed by atoms with E-state index < -0.39 is 5.95 Å². The summed E-state index contributed by atoms with van der Waals surface area (Å²) in [5.74, 6) is -0.484. The maximum Gasteiger partial charge on any atom is 0.241 e. The molecule has 2 N–H and O–H groups in total. The molecule has 2 aromatic rings. The molecule has 0 fully saturated rings. The fourth-order valence-corrected chi connectivity index (χ4v) is 1.02. The van der Waals surface area contributed by atoms with Crippen molar-refractivity contribution in [2.75, 3.05) is 5.73 Å². The predicted octanol–water partition coefficient (Wildman–Crippen LogP) is -0.393. The summed E-state index contributed by atoms with van der Waals surface area (Å²) in [5.41, 5.74) is 6.86. The van der Waals surface area contributed by atoms with Crippen molar-refractivity contribution < 1.29 is 14.3 Å². The first kappa shape index (κ1) is 7.60. The molecule has 5 heteroatoms. The largest absolute Gasteiger partial charge is 0.539 e. The molecule has 66 valence electrons. The van der Waals surface area contributed by atoms with Crippen LogP contribution in [0.4, 0.5) is 5.69 Å². The van der Waals surface area contributed by atoms with Crippen LogP contribution in [0.3, 0.4) is 0 Å². The van der Waals surface area contributed by atoms with Crippen LogP contribution in [0.1, 0.15) is 0 Å². The van der Waals surface area contributed by atoms with Gasteiger partial charge in [-0.1, -0.05) is 6.07 Å². The van der Waals surface area contributed by atoms with Crippen molar-refractivity contribution in [3.63, 3.8) is 0 Å². The standard InChI is InChI=1S/C8H7N3O2/c9-6-2-1-3-7(4-6)11-5-8(12)13-10-11/h1-5H,9H2. The Balaban J connectivity index is 2.46. The second kappa shape index (κ2) is 2.78. The number of rotatable bonds is 1. The highest BCUT2D eigenvalue weighted by atomic mass is 16.6. The van der Waals surface area contributed by atoms with E-state index in [0.29, 0.717) is 11.4 Å². The van der Waals surface area contributed by atoms with Crippen molar-refractivity contribution in [2.24, 2.45) is 0 Å². The molecule has 0 saturated heterocycles. The lowest BCUT2D eigenvalue weighted by Crippen LogP contribution is -2.31. The van der Waals surface area contributed by atoms with Crippen molar-refractivity contribution in [3.8, 4) is 11.6 Å². The average molecular weight is 177 g/mol. The van der Waals surface area contributed by atoms with Gasteiger partial charge in [-0.3, -0.25) is 0 Å². The van der Waals surface area contributed by atoms with E-state index in [-0.39, 0.29) is 0 Å². The zero-order valence-electron chi connectivity index (χ0n) is 6.68. The van der Waals surface area contributed by atoms with Crippen LogP contribution in [0, 0.1) is 0 Å². The van der Waals surface area contributed by atoms with Gasteiger partial charge in [-0.25, -0.2) is 0 Å². The Hall–Kier alpha value is -2.04. The van der Waals surface area contributed by atoms with E-state index in [1.165, 1.54) is 10.9 Å². The highest BCUT2D eigenvalue weighted by molar-refractivity contribution is 5.43. The lowest BCUT2D eigenvalue weighted by Gasteiger charge is -1.90. The summed E-state index contributed by atoms with van der Waals surface area (Å²) in [6.45, 7) is 0. The Morgan fingerprint density at radius 3 is 2.92 bits per heavy atom. The molecule has 0 aliphatic rings. The van der Waals surface area contributed by atoms with E-state index in [1.54, 1.807) is 24.3 Å². The number of nitrogens with zero attached hydrogens (tertiary/aromatic N) is 2. The van der Waals surface area contributed by atoms with Crippen molar-refractivity contribution >= 4 is 5.69 Å². The molecule has 0 radical (unpaired) electrons. The zero-order chi connectivity index (χ0) is 9.26. The molecule has 0 bridgehead atoms. The van der Waals surface area contributed by atoms with Gasteiger partial charge in [0.2, 0.25) is 11.9 Å². The van der Waals surface area contributed by atoms with Crippen LogP contribution in [0.15, 0.2) is 35.0 Å². The number of nitrogens with two attached hydrogens (primary N) is 1. The number of benzene rings is 1. The predicted molar refractivity (Wildman–Crippen MR) is 41.9 cm³/mol. The van der Waals surface area contributed by atoms with Gasteiger partial charge >= 0.3 is 0 Å². The van der Waals surface area contributed by atoms with E-state index >= 15 is 0 Å². The SMILES string of the molecule is Nc1cccc(-[n+]2cc([O-])on2)c1. The number of hydrogen-bond donors (Lipinski definition) is 1. The number of anilines is 1. The third kappa shape index (κ3) is 1.44. The smallest absolute Gasteiger partial charge is 0.241 e. The minimum absolute atomic E-state index is 0.484. The van der Waals surface area contributed by atoms with Crippen molar-refractivity contribution in [2.45, 2.75) is 0 Å². The van der Waals surface area contributed by atoms with Crippen molar-refractivity contribution in [1.29, 1.82) is 0 Å². The van der Waals surface area contributed by atoms with E-state index in [4.69, 9.17) is 5.73 Å². The van der Waals surface area contributed by atoms with E-state index in [0.717, 1.165) is 0 Å². The molecule has 0 spiro atoms. The second-order valence-electron chi connectivity index (χ2n) is 2.56. The molecule has 0 amide bonds. The van der Waals surface area contributed by atoms with Crippen LogP contribution in [0.25, 0.3) is 5.69 Å². The van der Waals surface area contributed by atoms with Crippen LogP contribution in [0.2, 0.25) is 0 Å². The van der Waals surface area contributed by atoms with Gasteiger partial charge in [-0.2, -0.15) is 0 Å². The first-order valence-electron chi connectivity index (χ1n) is 3.67. The van der Waals surface area contributed by atoms with Crippen LogP contribution in [-0.4, -0.2) is 5.27 Å². The first-order valence-corrected chi connectivity index (χ1v) is 3.67. The molecule has 5 nitrogen and oxygen atoms in total. The molecule has 1 aromatic carbocycles. The van der Waals surface area contributed by atoms with Gasteiger partial charge in [-0.15, -0.1) is 0 Å². The van der Waals surface area contributed by atoms with Gasteiger partial charge < -0.3 is 15.4 Å². The van der Waals surface area contributed by atoms with E-state index in [9.17, 15) is 5.11 Å². The summed E-state index contributed by atoms with van der Waals surface area (Å²) in [6, 6.07) is 7.00. The maximum atomic E-state index is 10.7. The summed E-state index contributed by atoms with van der Waals surface area (Å²) >= 11 is 0. The van der Waals surface area contributed by atoms with Crippen molar-refractivity contribution in [1.82, 2.24) is 5.27 Å². The lowest BCUT2D eigenvalue weighted by atomic mass is 10.3. The third-order valence-corrected chi connectivity index (χ3v) is 1.58. The summed E-state index contributed by atoms with van der Waals surface area (Å²) in [4.78, 5) is 0. The molecule has 1 heterocycles. The summed E-state index contributed by atoms with van der Waals surface area (Å²) in [7, 11) is 0. The topological polar surface area (TPSA) is 79.0 Å². The number of aromatic nitrogens is 2. The average Bonchev–Trinajstić information content (AvgIpc) is 2.52. The van der Waals surface area contributed by atoms with Gasteiger partial charge in [0.25, 0.3) is 0 Å². The van der Waals surface area contributed by atoms with Crippen molar-refractivity contribution in [3.05, 3.63) is 30.5 Å².